The normalized spacial score (nSPS) is 22.6. The van der Waals surface area contributed by atoms with Crippen LogP contribution in [0.25, 0.3) is 11.1 Å². The van der Waals surface area contributed by atoms with Crippen LogP contribution in [0.2, 0.25) is 0 Å². The van der Waals surface area contributed by atoms with Gasteiger partial charge in [0.15, 0.2) is 9.84 Å². The summed E-state index contributed by atoms with van der Waals surface area (Å²) in [7, 11) is -2.91. The molecule has 0 bridgehead atoms. The Morgan fingerprint density at radius 2 is 1.81 bits per heavy atom. The van der Waals surface area contributed by atoms with Gasteiger partial charge < -0.3 is 5.32 Å². The van der Waals surface area contributed by atoms with Gasteiger partial charge in [-0.25, -0.2) is 8.42 Å². The molecule has 4 heteroatoms. The zero-order chi connectivity index (χ0) is 14.4. The largest absolute Gasteiger partial charge is 0.308 e. The van der Waals surface area contributed by atoms with Crippen molar-refractivity contribution in [1.82, 2.24) is 5.32 Å². The molecule has 2 aromatic carbocycles. The smallest absolute Gasteiger partial charge is 0.153 e. The van der Waals surface area contributed by atoms with Crippen molar-refractivity contribution in [3.63, 3.8) is 0 Å². The third kappa shape index (κ3) is 2.28. The van der Waals surface area contributed by atoms with E-state index in [0.29, 0.717) is 6.54 Å². The summed E-state index contributed by atoms with van der Waals surface area (Å²) in [4.78, 5) is 0. The molecule has 0 saturated carbocycles. The third-order valence-corrected chi connectivity index (χ3v) is 6.11. The first kappa shape index (κ1) is 13.0. The van der Waals surface area contributed by atoms with Crippen molar-refractivity contribution in [1.29, 1.82) is 0 Å². The van der Waals surface area contributed by atoms with Gasteiger partial charge in [0, 0.05) is 12.6 Å². The molecule has 1 aliphatic heterocycles. The van der Waals surface area contributed by atoms with Crippen LogP contribution in [0.3, 0.4) is 0 Å². The van der Waals surface area contributed by atoms with Crippen molar-refractivity contribution >= 4 is 9.84 Å². The van der Waals surface area contributed by atoms with E-state index in [-0.39, 0.29) is 17.5 Å². The van der Waals surface area contributed by atoms with Crippen molar-refractivity contribution in [3.8, 4) is 11.1 Å². The SMILES string of the molecule is O=S1(=O)CCNC(c2ccc3c(c2)Cc2ccccc2-3)C1. The minimum absolute atomic E-state index is 0.0715. The Morgan fingerprint density at radius 3 is 2.67 bits per heavy atom. The molecule has 2 aromatic rings. The fourth-order valence-corrected chi connectivity index (χ4v) is 4.79. The lowest BCUT2D eigenvalue weighted by molar-refractivity contribution is 0.531. The Labute approximate surface area is 124 Å². The van der Waals surface area contributed by atoms with Crippen molar-refractivity contribution in [2.45, 2.75) is 12.5 Å². The first-order valence-corrected chi connectivity index (χ1v) is 9.09. The highest BCUT2D eigenvalue weighted by Crippen LogP contribution is 2.37. The van der Waals surface area contributed by atoms with Gasteiger partial charge in [-0.3, -0.25) is 0 Å². The average molecular weight is 299 g/mol. The van der Waals surface area contributed by atoms with Crippen LogP contribution in [0.5, 0.6) is 0 Å². The summed E-state index contributed by atoms with van der Waals surface area (Å²) < 4.78 is 23.6. The molecule has 2 aliphatic rings. The second-order valence-corrected chi connectivity index (χ2v) is 8.10. The van der Waals surface area contributed by atoms with E-state index < -0.39 is 9.84 Å². The van der Waals surface area contributed by atoms with E-state index in [1.165, 1.54) is 22.3 Å². The molecular weight excluding hydrogens is 282 g/mol. The van der Waals surface area contributed by atoms with Crippen molar-refractivity contribution < 1.29 is 8.42 Å². The minimum Gasteiger partial charge on any atom is -0.308 e. The summed E-state index contributed by atoms with van der Waals surface area (Å²) >= 11 is 0. The number of rotatable bonds is 1. The van der Waals surface area contributed by atoms with Gasteiger partial charge >= 0.3 is 0 Å². The van der Waals surface area contributed by atoms with Gasteiger partial charge in [0.1, 0.15) is 0 Å². The van der Waals surface area contributed by atoms with Crippen LogP contribution in [0.15, 0.2) is 42.5 Å². The number of fused-ring (bicyclic) bond motifs is 3. The highest BCUT2D eigenvalue weighted by Gasteiger charge is 2.27. The van der Waals surface area contributed by atoms with E-state index in [1.54, 1.807) is 0 Å². The fourth-order valence-electron chi connectivity index (χ4n) is 3.38. The van der Waals surface area contributed by atoms with Crippen molar-refractivity contribution in [3.05, 3.63) is 59.2 Å². The topological polar surface area (TPSA) is 46.2 Å². The van der Waals surface area contributed by atoms with Gasteiger partial charge in [0.05, 0.1) is 11.5 Å². The molecule has 1 aliphatic carbocycles. The molecule has 0 radical (unpaired) electrons. The van der Waals surface area contributed by atoms with Crippen LogP contribution in [0.1, 0.15) is 22.7 Å². The molecular formula is C17H17NO2S. The van der Waals surface area contributed by atoms with Crippen LogP contribution < -0.4 is 5.32 Å². The summed E-state index contributed by atoms with van der Waals surface area (Å²) in [6.45, 7) is 0.546. The van der Waals surface area contributed by atoms with E-state index in [1.807, 2.05) is 0 Å². The second-order valence-electron chi connectivity index (χ2n) is 5.87. The lowest BCUT2D eigenvalue weighted by Gasteiger charge is -2.24. The standard InChI is InChI=1S/C17H17NO2S/c19-21(20)8-7-18-17(11-21)13-5-6-16-14(10-13)9-12-3-1-2-4-15(12)16/h1-6,10,17-18H,7-9,11H2. The van der Waals surface area contributed by atoms with Crippen LogP contribution in [0, 0.1) is 0 Å². The van der Waals surface area contributed by atoms with Gasteiger partial charge in [0.25, 0.3) is 0 Å². The van der Waals surface area contributed by atoms with Gasteiger partial charge in [-0.1, -0.05) is 42.5 Å². The van der Waals surface area contributed by atoms with Crippen molar-refractivity contribution in [2.24, 2.45) is 0 Å². The maximum Gasteiger partial charge on any atom is 0.153 e. The summed E-state index contributed by atoms with van der Waals surface area (Å²) in [6.07, 6.45) is 0.943. The van der Waals surface area contributed by atoms with E-state index in [4.69, 9.17) is 0 Å². The predicted molar refractivity (Wildman–Crippen MR) is 84.1 cm³/mol. The summed E-state index contributed by atoms with van der Waals surface area (Å²) in [5, 5.41) is 3.32. The second kappa shape index (κ2) is 4.68. The zero-order valence-corrected chi connectivity index (χ0v) is 12.5. The van der Waals surface area contributed by atoms with E-state index in [9.17, 15) is 8.42 Å². The maximum atomic E-state index is 11.8. The van der Waals surface area contributed by atoms with E-state index in [2.05, 4.69) is 47.8 Å². The van der Waals surface area contributed by atoms with Gasteiger partial charge in [-0.05, 0) is 34.2 Å². The quantitative estimate of drug-likeness (QED) is 0.750. The number of hydrogen-bond acceptors (Lipinski definition) is 3. The summed E-state index contributed by atoms with van der Waals surface area (Å²) in [5.74, 6) is 0.457. The molecule has 0 spiro atoms. The van der Waals surface area contributed by atoms with Crippen LogP contribution in [0.4, 0.5) is 0 Å². The molecule has 1 atom stereocenters. The van der Waals surface area contributed by atoms with Gasteiger partial charge in [-0.2, -0.15) is 0 Å². The van der Waals surface area contributed by atoms with E-state index in [0.717, 1.165) is 12.0 Å². The Bertz CT molecular complexity index is 811. The molecule has 0 amide bonds. The monoisotopic (exact) mass is 299 g/mol. The van der Waals surface area contributed by atoms with Gasteiger partial charge in [-0.15, -0.1) is 0 Å². The molecule has 1 unspecified atom stereocenters. The molecule has 1 heterocycles. The molecule has 1 fully saturated rings. The molecule has 4 rings (SSSR count). The summed E-state index contributed by atoms with van der Waals surface area (Å²) in [6, 6.07) is 14.8. The Morgan fingerprint density at radius 1 is 1.00 bits per heavy atom. The molecule has 3 nitrogen and oxygen atoms in total. The highest BCUT2D eigenvalue weighted by molar-refractivity contribution is 7.91. The third-order valence-electron chi connectivity index (χ3n) is 4.44. The van der Waals surface area contributed by atoms with Crippen LogP contribution in [-0.2, 0) is 16.3 Å². The average Bonchev–Trinajstić information content (AvgIpc) is 2.83. The Balaban J connectivity index is 1.70. The Hall–Kier alpha value is -1.65. The first-order chi connectivity index (χ1) is 10.1. The molecule has 21 heavy (non-hydrogen) atoms. The molecule has 108 valence electrons. The van der Waals surface area contributed by atoms with Crippen molar-refractivity contribution in [2.75, 3.05) is 18.1 Å². The molecule has 1 N–H and O–H groups in total. The number of benzene rings is 2. The minimum atomic E-state index is -2.91. The predicted octanol–water partition coefficient (Wildman–Crippen LogP) is 2.32. The molecule has 0 aromatic heterocycles. The first-order valence-electron chi connectivity index (χ1n) is 7.27. The number of sulfone groups is 1. The lowest BCUT2D eigenvalue weighted by Crippen LogP contribution is -2.39. The van der Waals surface area contributed by atoms with Gasteiger partial charge in [0.2, 0.25) is 0 Å². The molecule has 1 saturated heterocycles. The Kier molecular flexibility index (Phi) is 2.91. The zero-order valence-electron chi connectivity index (χ0n) is 11.7. The van der Waals surface area contributed by atoms with E-state index >= 15 is 0 Å². The lowest BCUT2D eigenvalue weighted by atomic mass is 10.00. The number of nitrogens with one attached hydrogen (secondary N) is 1. The fraction of sp³-hybridized carbons (Fsp3) is 0.294. The highest BCUT2D eigenvalue weighted by atomic mass is 32.2. The maximum absolute atomic E-state index is 11.8. The van der Waals surface area contributed by atoms with Crippen LogP contribution >= 0.6 is 0 Å². The van der Waals surface area contributed by atoms with Crippen LogP contribution in [-0.4, -0.2) is 26.5 Å². The number of hydrogen-bond donors (Lipinski definition) is 1. The summed E-state index contributed by atoms with van der Waals surface area (Å²) in [5.41, 5.74) is 6.34.